The van der Waals surface area contributed by atoms with Crippen LogP contribution in [0.2, 0.25) is 10.0 Å². The maximum atomic E-state index is 6.06. The third-order valence-electron chi connectivity index (χ3n) is 3.94. The maximum Gasteiger partial charge on any atom is 0.201 e. The topological polar surface area (TPSA) is 43.8 Å². The fraction of sp³-hybridized carbons (Fsp3) is 0.462. The number of fused-ring (bicyclic) bond motifs is 1. The van der Waals surface area contributed by atoms with Crippen molar-refractivity contribution >= 4 is 40.2 Å². The molecule has 3 rings (SSSR count). The molecule has 1 aromatic carbocycles. The van der Waals surface area contributed by atoms with Gasteiger partial charge in [-0.15, -0.1) is 0 Å². The van der Waals surface area contributed by atoms with E-state index in [1.54, 1.807) is 6.07 Å². The highest BCUT2D eigenvalue weighted by molar-refractivity contribution is 6.42. The van der Waals surface area contributed by atoms with Crippen molar-refractivity contribution in [1.29, 1.82) is 0 Å². The van der Waals surface area contributed by atoms with Crippen molar-refractivity contribution in [2.45, 2.75) is 26.8 Å². The molecule has 1 unspecified atom stereocenters. The molecule has 0 radical (unpaired) electrons. The molecular formula is C13H15Cl2N3. The molecule has 2 aromatic rings. The number of aromatic nitrogens is 2. The van der Waals surface area contributed by atoms with Crippen LogP contribution in [-0.2, 0) is 6.54 Å². The van der Waals surface area contributed by atoms with Crippen LogP contribution in [0.25, 0.3) is 11.0 Å². The molecule has 96 valence electrons. The molecule has 1 atom stereocenters. The van der Waals surface area contributed by atoms with Gasteiger partial charge in [0.1, 0.15) is 0 Å². The molecule has 3 nitrogen and oxygen atoms in total. The van der Waals surface area contributed by atoms with Crippen LogP contribution in [0.4, 0.5) is 5.95 Å². The van der Waals surface area contributed by atoms with Gasteiger partial charge in [0, 0.05) is 6.54 Å². The molecule has 1 heterocycles. The molecule has 0 bridgehead atoms. The summed E-state index contributed by atoms with van der Waals surface area (Å²) in [5.41, 5.74) is 8.17. The van der Waals surface area contributed by atoms with Crippen molar-refractivity contribution < 1.29 is 0 Å². The molecular weight excluding hydrogens is 269 g/mol. The Morgan fingerprint density at radius 1 is 1.39 bits per heavy atom. The predicted molar refractivity (Wildman–Crippen MR) is 76.1 cm³/mol. The average Bonchev–Trinajstić information content (AvgIpc) is 2.76. The van der Waals surface area contributed by atoms with Gasteiger partial charge < -0.3 is 10.3 Å². The first-order valence-corrected chi connectivity index (χ1v) is 6.75. The van der Waals surface area contributed by atoms with Gasteiger partial charge in [-0.1, -0.05) is 37.0 Å². The second kappa shape index (κ2) is 3.78. The summed E-state index contributed by atoms with van der Waals surface area (Å²) >= 11 is 12.1. The third kappa shape index (κ3) is 1.86. The number of nitrogens with zero attached hydrogens (tertiary/aromatic N) is 2. The van der Waals surface area contributed by atoms with Crippen LogP contribution in [0.5, 0.6) is 0 Å². The summed E-state index contributed by atoms with van der Waals surface area (Å²) in [7, 11) is 0. The van der Waals surface area contributed by atoms with E-state index >= 15 is 0 Å². The molecule has 0 aliphatic heterocycles. The van der Waals surface area contributed by atoms with Gasteiger partial charge in [-0.25, -0.2) is 4.98 Å². The lowest BCUT2D eigenvalue weighted by molar-refractivity contribution is 0.507. The van der Waals surface area contributed by atoms with Gasteiger partial charge in [0.05, 0.1) is 21.1 Å². The number of hydrogen-bond acceptors (Lipinski definition) is 2. The number of halogens is 2. The van der Waals surface area contributed by atoms with Gasteiger partial charge in [0.15, 0.2) is 0 Å². The second-order valence-electron chi connectivity index (χ2n) is 5.73. The van der Waals surface area contributed by atoms with Crippen molar-refractivity contribution in [1.82, 2.24) is 9.55 Å². The number of imidazole rings is 1. The van der Waals surface area contributed by atoms with Crippen molar-refractivity contribution in [3.05, 3.63) is 22.2 Å². The molecule has 1 aliphatic carbocycles. The van der Waals surface area contributed by atoms with Crippen molar-refractivity contribution in [2.24, 2.45) is 11.3 Å². The highest BCUT2D eigenvalue weighted by atomic mass is 35.5. The zero-order chi connectivity index (χ0) is 13.1. The molecule has 1 fully saturated rings. The normalized spacial score (nSPS) is 21.4. The number of nitrogens with two attached hydrogens (primary N) is 1. The summed E-state index contributed by atoms with van der Waals surface area (Å²) in [5, 5.41) is 1.06. The van der Waals surface area contributed by atoms with Gasteiger partial charge in [-0.3, -0.25) is 0 Å². The van der Waals surface area contributed by atoms with Crippen LogP contribution >= 0.6 is 23.2 Å². The van der Waals surface area contributed by atoms with Crippen molar-refractivity contribution in [3.8, 4) is 0 Å². The number of nitrogen functional groups attached to an aromatic ring is 1. The van der Waals surface area contributed by atoms with E-state index in [-0.39, 0.29) is 0 Å². The van der Waals surface area contributed by atoms with Crippen LogP contribution in [0.3, 0.4) is 0 Å². The van der Waals surface area contributed by atoms with Gasteiger partial charge in [-0.2, -0.15) is 0 Å². The maximum absolute atomic E-state index is 6.06. The van der Waals surface area contributed by atoms with E-state index < -0.39 is 0 Å². The first-order valence-electron chi connectivity index (χ1n) is 5.99. The average molecular weight is 284 g/mol. The molecule has 0 saturated heterocycles. The summed E-state index contributed by atoms with van der Waals surface area (Å²) in [4.78, 5) is 4.34. The summed E-state index contributed by atoms with van der Waals surface area (Å²) in [6.45, 7) is 5.45. The quantitative estimate of drug-likeness (QED) is 0.906. The van der Waals surface area contributed by atoms with Crippen LogP contribution in [0, 0.1) is 11.3 Å². The van der Waals surface area contributed by atoms with E-state index in [0.29, 0.717) is 27.3 Å². The number of rotatable bonds is 2. The Hall–Kier alpha value is -0.930. The monoisotopic (exact) mass is 283 g/mol. The summed E-state index contributed by atoms with van der Waals surface area (Å²) < 4.78 is 2.04. The Morgan fingerprint density at radius 3 is 2.61 bits per heavy atom. The van der Waals surface area contributed by atoms with E-state index in [2.05, 4.69) is 18.8 Å². The fourth-order valence-corrected chi connectivity index (χ4v) is 2.75. The third-order valence-corrected chi connectivity index (χ3v) is 4.66. The number of hydrogen-bond donors (Lipinski definition) is 1. The van der Waals surface area contributed by atoms with Crippen LogP contribution in [0.15, 0.2) is 12.1 Å². The second-order valence-corrected chi connectivity index (χ2v) is 6.54. The highest BCUT2D eigenvalue weighted by Gasteiger charge is 2.45. The van der Waals surface area contributed by atoms with Gasteiger partial charge in [0.25, 0.3) is 0 Å². The lowest BCUT2D eigenvalue weighted by Gasteiger charge is -2.08. The Labute approximate surface area is 116 Å². The first kappa shape index (κ1) is 12.1. The van der Waals surface area contributed by atoms with Gasteiger partial charge in [0.2, 0.25) is 5.95 Å². The van der Waals surface area contributed by atoms with Crippen LogP contribution in [0.1, 0.15) is 20.3 Å². The van der Waals surface area contributed by atoms with Crippen LogP contribution < -0.4 is 5.73 Å². The fourth-order valence-electron chi connectivity index (χ4n) is 2.44. The smallest absolute Gasteiger partial charge is 0.201 e. The Kier molecular flexibility index (Phi) is 2.55. The summed E-state index contributed by atoms with van der Waals surface area (Å²) in [6, 6.07) is 3.61. The lowest BCUT2D eigenvalue weighted by atomic mass is 10.1. The molecule has 2 N–H and O–H groups in total. The van der Waals surface area contributed by atoms with E-state index in [9.17, 15) is 0 Å². The molecule has 1 saturated carbocycles. The summed E-state index contributed by atoms with van der Waals surface area (Å²) in [6.07, 6.45) is 1.23. The molecule has 18 heavy (non-hydrogen) atoms. The van der Waals surface area contributed by atoms with E-state index in [1.165, 1.54) is 6.42 Å². The Morgan fingerprint density at radius 2 is 2.00 bits per heavy atom. The highest BCUT2D eigenvalue weighted by Crippen LogP contribution is 2.52. The van der Waals surface area contributed by atoms with E-state index in [0.717, 1.165) is 17.6 Å². The van der Waals surface area contributed by atoms with E-state index in [4.69, 9.17) is 28.9 Å². The Bertz CT molecular complexity index is 631. The van der Waals surface area contributed by atoms with Crippen molar-refractivity contribution in [3.63, 3.8) is 0 Å². The molecule has 1 aliphatic rings. The molecule has 0 spiro atoms. The molecule has 5 heteroatoms. The van der Waals surface area contributed by atoms with E-state index in [1.807, 2.05) is 10.6 Å². The number of benzene rings is 1. The van der Waals surface area contributed by atoms with Gasteiger partial charge >= 0.3 is 0 Å². The Balaban J connectivity index is 2.05. The number of anilines is 1. The molecule has 1 aromatic heterocycles. The minimum Gasteiger partial charge on any atom is -0.369 e. The van der Waals surface area contributed by atoms with Crippen molar-refractivity contribution in [2.75, 3.05) is 5.73 Å². The lowest BCUT2D eigenvalue weighted by Crippen LogP contribution is -2.07. The zero-order valence-electron chi connectivity index (χ0n) is 10.4. The standard InChI is InChI=1S/C13H15Cl2N3/c1-13(2)5-7(13)6-18-11-4-9(15)8(14)3-10(11)17-12(18)16/h3-4,7H,5-6H2,1-2H3,(H2,16,17). The largest absolute Gasteiger partial charge is 0.369 e. The molecule has 0 amide bonds. The minimum atomic E-state index is 0.416. The first-order chi connectivity index (χ1) is 8.38. The van der Waals surface area contributed by atoms with Gasteiger partial charge in [-0.05, 0) is 29.9 Å². The van der Waals surface area contributed by atoms with Crippen LogP contribution in [-0.4, -0.2) is 9.55 Å². The zero-order valence-corrected chi connectivity index (χ0v) is 11.9. The minimum absolute atomic E-state index is 0.416. The SMILES string of the molecule is CC1(C)CC1Cn1c(N)nc2cc(Cl)c(Cl)cc21. The summed E-state index contributed by atoms with van der Waals surface area (Å²) in [5.74, 6) is 1.19. The predicted octanol–water partition coefficient (Wildman–Crippen LogP) is 3.97.